The van der Waals surface area contributed by atoms with E-state index in [9.17, 15) is 9.59 Å². The highest BCUT2D eigenvalue weighted by Gasteiger charge is 2.11. The molecule has 0 aromatic rings. The van der Waals surface area contributed by atoms with Crippen molar-refractivity contribution in [1.29, 1.82) is 0 Å². The molecule has 0 heterocycles. The summed E-state index contributed by atoms with van der Waals surface area (Å²) in [4.78, 5) is 22.1. The van der Waals surface area contributed by atoms with Crippen molar-refractivity contribution in [1.82, 2.24) is 5.32 Å². The lowest BCUT2D eigenvalue weighted by atomic mass is 10.1. The molecule has 0 radical (unpaired) electrons. The summed E-state index contributed by atoms with van der Waals surface area (Å²) >= 11 is 0. The van der Waals surface area contributed by atoms with Crippen molar-refractivity contribution in [3.63, 3.8) is 0 Å². The van der Waals surface area contributed by atoms with Crippen molar-refractivity contribution in [2.75, 3.05) is 19.8 Å². The lowest BCUT2D eigenvalue weighted by Gasteiger charge is -2.09. The Morgan fingerprint density at radius 3 is 2.29 bits per heavy atom. The van der Waals surface area contributed by atoms with Gasteiger partial charge in [0.2, 0.25) is 5.91 Å². The molecule has 0 aliphatic carbocycles. The normalized spacial score (nSPS) is 12.3. The van der Waals surface area contributed by atoms with Crippen LogP contribution in [-0.2, 0) is 14.3 Å². The van der Waals surface area contributed by atoms with E-state index in [0.717, 1.165) is 0 Å². The molecule has 0 saturated heterocycles. The molecule has 17 heavy (non-hydrogen) atoms. The predicted molar refractivity (Wildman–Crippen MR) is 64.7 cm³/mol. The summed E-state index contributed by atoms with van der Waals surface area (Å²) in [5.41, 5.74) is 0.284. The van der Waals surface area contributed by atoms with Crippen LogP contribution >= 0.6 is 0 Å². The Labute approximate surface area is 102 Å². The van der Waals surface area contributed by atoms with Crippen molar-refractivity contribution in [3.05, 3.63) is 11.1 Å². The first-order valence-electron chi connectivity index (χ1n) is 5.63. The van der Waals surface area contributed by atoms with Gasteiger partial charge in [-0.15, -0.1) is 0 Å². The smallest absolute Gasteiger partial charge is 0.331 e. The Kier molecular flexibility index (Phi) is 7.21. The number of hydrogen-bond donors (Lipinski definition) is 2. The highest BCUT2D eigenvalue weighted by Crippen LogP contribution is 2.03. The van der Waals surface area contributed by atoms with E-state index < -0.39 is 5.97 Å². The van der Waals surface area contributed by atoms with Crippen LogP contribution in [-0.4, -0.2) is 36.7 Å². The summed E-state index contributed by atoms with van der Waals surface area (Å²) in [6.45, 7) is 8.46. The SMILES string of the molecule is CC(C(=O)O)=C(C)C(=O)NCCOCC(C)C. The Hall–Kier alpha value is -1.36. The number of ether oxygens (including phenoxy) is 1. The van der Waals surface area contributed by atoms with E-state index >= 15 is 0 Å². The molecule has 0 fully saturated rings. The second kappa shape index (κ2) is 7.84. The molecule has 0 aromatic heterocycles. The summed E-state index contributed by atoms with van der Waals surface area (Å²) in [5, 5.41) is 11.3. The van der Waals surface area contributed by atoms with E-state index in [1.807, 2.05) is 13.8 Å². The number of carbonyl (C=O) groups is 2. The molecule has 98 valence electrons. The van der Waals surface area contributed by atoms with Gasteiger partial charge in [0.15, 0.2) is 0 Å². The molecule has 0 rings (SSSR count). The van der Waals surface area contributed by atoms with E-state index in [0.29, 0.717) is 25.7 Å². The van der Waals surface area contributed by atoms with Gasteiger partial charge >= 0.3 is 5.97 Å². The first-order valence-corrected chi connectivity index (χ1v) is 5.63. The third kappa shape index (κ3) is 6.73. The van der Waals surface area contributed by atoms with E-state index in [1.165, 1.54) is 13.8 Å². The lowest BCUT2D eigenvalue weighted by Crippen LogP contribution is -2.29. The number of carbonyl (C=O) groups excluding carboxylic acids is 1. The summed E-state index contributed by atoms with van der Waals surface area (Å²) in [6, 6.07) is 0. The Bertz CT molecular complexity index is 308. The van der Waals surface area contributed by atoms with E-state index in [2.05, 4.69) is 5.32 Å². The molecule has 1 amide bonds. The highest BCUT2D eigenvalue weighted by molar-refractivity contribution is 6.01. The van der Waals surface area contributed by atoms with Crippen molar-refractivity contribution in [2.45, 2.75) is 27.7 Å². The number of nitrogens with one attached hydrogen (secondary N) is 1. The number of amides is 1. The van der Waals surface area contributed by atoms with Gasteiger partial charge in [0, 0.05) is 24.3 Å². The molecular formula is C12H21NO4. The average Bonchev–Trinajstić information content (AvgIpc) is 2.25. The molecule has 0 aromatic carbocycles. The zero-order valence-electron chi connectivity index (χ0n) is 10.9. The third-order valence-electron chi connectivity index (χ3n) is 2.21. The molecule has 0 spiro atoms. The molecule has 5 nitrogen and oxygen atoms in total. The number of hydrogen-bond acceptors (Lipinski definition) is 3. The van der Waals surface area contributed by atoms with Gasteiger partial charge in [-0.25, -0.2) is 4.79 Å². The molecule has 0 aliphatic heterocycles. The maximum absolute atomic E-state index is 11.5. The van der Waals surface area contributed by atoms with Gasteiger partial charge in [0.05, 0.1) is 6.61 Å². The second-order valence-corrected chi connectivity index (χ2v) is 4.28. The molecule has 0 aliphatic rings. The zero-order valence-corrected chi connectivity index (χ0v) is 10.9. The molecular weight excluding hydrogens is 222 g/mol. The summed E-state index contributed by atoms with van der Waals surface area (Å²) < 4.78 is 5.29. The summed E-state index contributed by atoms with van der Waals surface area (Å²) in [7, 11) is 0. The van der Waals surface area contributed by atoms with Gasteiger partial charge in [0.1, 0.15) is 0 Å². The molecule has 0 unspecified atom stereocenters. The number of carboxylic acids is 1. The lowest BCUT2D eigenvalue weighted by molar-refractivity contribution is -0.133. The number of rotatable bonds is 7. The van der Waals surface area contributed by atoms with E-state index in [-0.39, 0.29) is 17.1 Å². The molecule has 0 saturated carbocycles. The minimum Gasteiger partial charge on any atom is -0.478 e. The largest absolute Gasteiger partial charge is 0.478 e. The van der Waals surface area contributed by atoms with Crippen molar-refractivity contribution < 1.29 is 19.4 Å². The Morgan fingerprint density at radius 1 is 1.24 bits per heavy atom. The van der Waals surface area contributed by atoms with Crippen LogP contribution in [0, 0.1) is 5.92 Å². The molecule has 0 atom stereocenters. The van der Waals surface area contributed by atoms with Crippen molar-refractivity contribution in [3.8, 4) is 0 Å². The van der Waals surface area contributed by atoms with Crippen LogP contribution in [0.4, 0.5) is 0 Å². The highest BCUT2D eigenvalue weighted by atomic mass is 16.5. The first kappa shape index (κ1) is 15.6. The van der Waals surface area contributed by atoms with Gasteiger partial charge in [-0.2, -0.15) is 0 Å². The van der Waals surface area contributed by atoms with Crippen LogP contribution < -0.4 is 5.32 Å². The topological polar surface area (TPSA) is 75.6 Å². The van der Waals surface area contributed by atoms with Gasteiger partial charge < -0.3 is 15.2 Å². The number of carboxylic acid groups (broad SMARTS) is 1. The van der Waals surface area contributed by atoms with E-state index in [1.54, 1.807) is 0 Å². The van der Waals surface area contributed by atoms with Crippen LogP contribution in [0.5, 0.6) is 0 Å². The second-order valence-electron chi connectivity index (χ2n) is 4.28. The fourth-order valence-corrected chi connectivity index (χ4v) is 1.02. The monoisotopic (exact) mass is 243 g/mol. The zero-order chi connectivity index (χ0) is 13.4. The maximum Gasteiger partial charge on any atom is 0.331 e. The maximum atomic E-state index is 11.5. The fourth-order valence-electron chi connectivity index (χ4n) is 1.02. The minimum absolute atomic E-state index is 0.0607. The van der Waals surface area contributed by atoms with Gasteiger partial charge in [-0.1, -0.05) is 13.8 Å². The Morgan fingerprint density at radius 2 is 1.82 bits per heavy atom. The van der Waals surface area contributed by atoms with Gasteiger partial charge in [-0.05, 0) is 19.8 Å². The Balaban J connectivity index is 3.95. The van der Waals surface area contributed by atoms with E-state index in [4.69, 9.17) is 9.84 Å². The molecule has 2 N–H and O–H groups in total. The van der Waals surface area contributed by atoms with Crippen LogP contribution in [0.3, 0.4) is 0 Å². The van der Waals surface area contributed by atoms with Crippen LogP contribution in [0.15, 0.2) is 11.1 Å². The third-order valence-corrected chi connectivity index (χ3v) is 2.21. The average molecular weight is 243 g/mol. The van der Waals surface area contributed by atoms with Gasteiger partial charge in [0.25, 0.3) is 0 Å². The minimum atomic E-state index is -1.08. The van der Waals surface area contributed by atoms with Gasteiger partial charge in [-0.3, -0.25) is 4.79 Å². The molecule has 5 heteroatoms. The van der Waals surface area contributed by atoms with Crippen LogP contribution in [0.2, 0.25) is 0 Å². The fraction of sp³-hybridized carbons (Fsp3) is 0.667. The van der Waals surface area contributed by atoms with Crippen LogP contribution in [0.1, 0.15) is 27.7 Å². The van der Waals surface area contributed by atoms with Crippen molar-refractivity contribution >= 4 is 11.9 Å². The quantitative estimate of drug-likeness (QED) is 0.520. The molecule has 0 bridgehead atoms. The van der Waals surface area contributed by atoms with Crippen LogP contribution in [0.25, 0.3) is 0 Å². The number of aliphatic carboxylic acids is 1. The summed E-state index contributed by atoms with van der Waals surface area (Å²) in [5.74, 6) is -0.978. The summed E-state index contributed by atoms with van der Waals surface area (Å²) in [6.07, 6.45) is 0. The standard InChI is InChI=1S/C12H21NO4/c1-8(2)7-17-6-5-13-11(14)9(3)10(4)12(15)16/h8H,5-7H2,1-4H3,(H,13,14)(H,15,16). The first-order chi connectivity index (χ1) is 7.86. The predicted octanol–water partition coefficient (Wildman–Crippen LogP) is 1.20. The van der Waals surface area contributed by atoms with Crippen molar-refractivity contribution in [2.24, 2.45) is 5.92 Å².